The van der Waals surface area contributed by atoms with E-state index in [0.29, 0.717) is 25.3 Å². The molecule has 0 aromatic rings. The summed E-state index contributed by atoms with van der Waals surface area (Å²) in [7, 11) is 0. The maximum atomic E-state index is 12.4. The summed E-state index contributed by atoms with van der Waals surface area (Å²) in [4.78, 5) is 37.6. The van der Waals surface area contributed by atoms with Gasteiger partial charge in [-0.3, -0.25) is 14.5 Å². The summed E-state index contributed by atoms with van der Waals surface area (Å²) in [5.41, 5.74) is -0.721. The minimum Gasteiger partial charge on any atom is -0.354 e. The monoisotopic (exact) mass is 307 g/mol. The first-order valence-corrected chi connectivity index (χ1v) is 8.51. The van der Waals surface area contributed by atoms with Gasteiger partial charge in [-0.25, -0.2) is 4.79 Å². The molecular weight excluding hydrogens is 282 g/mol. The topological polar surface area (TPSA) is 78.5 Å². The molecule has 0 aromatic carbocycles. The first-order valence-electron chi connectivity index (χ1n) is 8.51. The van der Waals surface area contributed by atoms with Crippen LogP contribution in [0.5, 0.6) is 0 Å². The van der Waals surface area contributed by atoms with E-state index in [9.17, 15) is 14.4 Å². The fraction of sp³-hybridized carbons (Fsp3) is 0.812. The van der Waals surface area contributed by atoms with Crippen LogP contribution in [0.4, 0.5) is 4.79 Å². The summed E-state index contributed by atoms with van der Waals surface area (Å²) in [6.07, 6.45) is 9.36. The van der Waals surface area contributed by atoms with E-state index in [4.69, 9.17) is 0 Å². The molecule has 0 bridgehead atoms. The van der Waals surface area contributed by atoms with E-state index in [0.717, 1.165) is 30.6 Å². The Morgan fingerprint density at radius 2 is 1.82 bits per heavy atom. The lowest BCUT2D eigenvalue weighted by atomic mass is 9.89. The highest BCUT2D eigenvalue weighted by atomic mass is 16.2. The Bertz CT molecular complexity index is 465. The van der Waals surface area contributed by atoms with Crippen LogP contribution in [0.2, 0.25) is 0 Å². The van der Waals surface area contributed by atoms with Crippen molar-refractivity contribution < 1.29 is 14.4 Å². The minimum atomic E-state index is -0.721. The van der Waals surface area contributed by atoms with Crippen LogP contribution < -0.4 is 10.6 Å². The third-order valence-electron chi connectivity index (χ3n) is 5.32. The van der Waals surface area contributed by atoms with Crippen molar-refractivity contribution in [1.29, 1.82) is 0 Å². The zero-order chi connectivity index (χ0) is 15.6. The zero-order valence-corrected chi connectivity index (χ0v) is 13.0. The molecule has 3 rings (SSSR count). The average molecular weight is 307 g/mol. The van der Waals surface area contributed by atoms with Crippen molar-refractivity contribution in [3.05, 3.63) is 0 Å². The number of hydrogen-bond acceptors (Lipinski definition) is 3. The number of hydrogen-bond donors (Lipinski definition) is 2. The number of nitrogens with one attached hydrogen (secondary N) is 2. The quantitative estimate of drug-likeness (QED) is 0.773. The van der Waals surface area contributed by atoms with Crippen LogP contribution in [0.15, 0.2) is 0 Å². The highest BCUT2D eigenvalue weighted by molar-refractivity contribution is 6.09. The predicted molar refractivity (Wildman–Crippen MR) is 81.0 cm³/mol. The second kappa shape index (κ2) is 6.26. The Labute approximate surface area is 131 Å². The van der Waals surface area contributed by atoms with Crippen LogP contribution >= 0.6 is 0 Å². The van der Waals surface area contributed by atoms with Gasteiger partial charge in [-0.15, -0.1) is 0 Å². The SMILES string of the molecule is O=C(CN1C(=O)NC2(CCCC2)C1=O)NCC1CCCCC1. The van der Waals surface area contributed by atoms with Crippen LogP contribution in [0.3, 0.4) is 0 Å². The van der Waals surface area contributed by atoms with Crippen molar-refractivity contribution in [2.75, 3.05) is 13.1 Å². The largest absolute Gasteiger partial charge is 0.354 e. The van der Waals surface area contributed by atoms with Gasteiger partial charge in [-0.1, -0.05) is 32.1 Å². The molecule has 1 aliphatic heterocycles. The molecule has 0 radical (unpaired) electrons. The van der Waals surface area contributed by atoms with E-state index in [1.165, 1.54) is 19.3 Å². The van der Waals surface area contributed by atoms with Crippen LogP contribution in [0, 0.1) is 5.92 Å². The number of imide groups is 1. The van der Waals surface area contributed by atoms with Crippen LogP contribution in [0.25, 0.3) is 0 Å². The highest BCUT2D eigenvalue weighted by Crippen LogP contribution is 2.34. The van der Waals surface area contributed by atoms with E-state index in [-0.39, 0.29) is 18.4 Å². The van der Waals surface area contributed by atoms with E-state index in [1.54, 1.807) is 0 Å². The predicted octanol–water partition coefficient (Wildman–Crippen LogP) is 1.55. The van der Waals surface area contributed by atoms with E-state index < -0.39 is 11.6 Å². The van der Waals surface area contributed by atoms with Gasteiger partial charge in [0.05, 0.1) is 0 Å². The lowest BCUT2D eigenvalue weighted by Gasteiger charge is -2.22. The Kier molecular flexibility index (Phi) is 4.36. The van der Waals surface area contributed by atoms with Gasteiger partial charge in [0.2, 0.25) is 5.91 Å². The number of carbonyl (C=O) groups is 3. The van der Waals surface area contributed by atoms with Gasteiger partial charge in [0.1, 0.15) is 12.1 Å². The van der Waals surface area contributed by atoms with Gasteiger partial charge >= 0.3 is 6.03 Å². The Balaban J connectivity index is 1.50. The van der Waals surface area contributed by atoms with Crippen molar-refractivity contribution in [2.24, 2.45) is 5.92 Å². The lowest BCUT2D eigenvalue weighted by Crippen LogP contribution is -2.45. The van der Waals surface area contributed by atoms with Gasteiger partial charge in [0.15, 0.2) is 0 Å². The first kappa shape index (κ1) is 15.3. The molecule has 0 aromatic heterocycles. The standard InChI is InChI=1S/C16H25N3O3/c20-13(17-10-12-6-2-1-3-7-12)11-19-14(21)16(18-15(19)22)8-4-5-9-16/h12H,1-11H2,(H,17,20)(H,18,22). The van der Waals surface area contributed by atoms with Gasteiger partial charge in [-0.2, -0.15) is 0 Å². The van der Waals surface area contributed by atoms with Crippen LogP contribution in [0.1, 0.15) is 57.8 Å². The molecule has 122 valence electrons. The maximum Gasteiger partial charge on any atom is 0.325 e. The molecule has 22 heavy (non-hydrogen) atoms. The molecule has 0 atom stereocenters. The Morgan fingerprint density at radius 3 is 2.50 bits per heavy atom. The summed E-state index contributed by atoms with van der Waals surface area (Å²) in [5.74, 6) is 0.0916. The normalized spacial score (nSPS) is 24.8. The molecule has 4 amide bonds. The van der Waals surface area contributed by atoms with Gasteiger partial charge in [0.25, 0.3) is 5.91 Å². The number of urea groups is 1. The summed E-state index contributed by atoms with van der Waals surface area (Å²) in [5, 5.41) is 5.68. The summed E-state index contributed by atoms with van der Waals surface area (Å²) in [6, 6.07) is -0.417. The summed E-state index contributed by atoms with van der Waals surface area (Å²) < 4.78 is 0. The van der Waals surface area contributed by atoms with Crippen molar-refractivity contribution in [3.8, 4) is 0 Å². The maximum absolute atomic E-state index is 12.4. The number of carbonyl (C=O) groups excluding carboxylic acids is 3. The third kappa shape index (κ3) is 2.96. The molecule has 3 aliphatic rings. The Hall–Kier alpha value is -1.59. The number of rotatable bonds is 4. The third-order valence-corrected chi connectivity index (χ3v) is 5.32. The molecule has 2 N–H and O–H groups in total. The molecule has 6 heteroatoms. The molecule has 2 saturated carbocycles. The van der Waals surface area contributed by atoms with Crippen molar-refractivity contribution in [3.63, 3.8) is 0 Å². The van der Waals surface area contributed by atoms with Gasteiger partial charge in [0, 0.05) is 6.54 Å². The number of amides is 4. The molecule has 1 spiro atoms. The minimum absolute atomic E-state index is 0.154. The lowest BCUT2D eigenvalue weighted by molar-refractivity contribution is -0.134. The van der Waals surface area contributed by atoms with E-state index >= 15 is 0 Å². The summed E-state index contributed by atoms with van der Waals surface area (Å²) in [6.45, 7) is 0.507. The van der Waals surface area contributed by atoms with E-state index in [2.05, 4.69) is 10.6 Å². The molecule has 1 heterocycles. The highest BCUT2D eigenvalue weighted by Gasteiger charge is 2.52. The van der Waals surface area contributed by atoms with Crippen LogP contribution in [-0.4, -0.2) is 41.4 Å². The van der Waals surface area contributed by atoms with Crippen molar-refractivity contribution >= 4 is 17.8 Å². The van der Waals surface area contributed by atoms with Crippen LogP contribution in [-0.2, 0) is 9.59 Å². The number of nitrogens with zero attached hydrogens (tertiary/aromatic N) is 1. The molecule has 1 saturated heterocycles. The molecule has 6 nitrogen and oxygen atoms in total. The van der Waals surface area contributed by atoms with Gasteiger partial charge < -0.3 is 10.6 Å². The van der Waals surface area contributed by atoms with E-state index in [1.807, 2.05) is 0 Å². The van der Waals surface area contributed by atoms with Crippen molar-refractivity contribution in [1.82, 2.24) is 15.5 Å². The zero-order valence-electron chi connectivity index (χ0n) is 13.0. The molecular formula is C16H25N3O3. The fourth-order valence-electron chi connectivity index (χ4n) is 3.99. The first-order chi connectivity index (χ1) is 10.6. The molecule has 2 aliphatic carbocycles. The molecule has 0 unspecified atom stereocenters. The molecule has 3 fully saturated rings. The van der Waals surface area contributed by atoms with Crippen molar-refractivity contribution in [2.45, 2.75) is 63.3 Å². The second-order valence-electron chi connectivity index (χ2n) is 6.92. The fourth-order valence-corrected chi connectivity index (χ4v) is 3.99. The smallest absolute Gasteiger partial charge is 0.325 e. The van der Waals surface area contributed by atoms with Gasteiger partial charge in [-0.05, 0) is 31.6 Å². The Morgan fingerprint density at radius 1 is 1.14 bits per heavy atom. The summed E-state index contributed by atoms with van der Waals surface area (Å²) >= 11 is 0. The second-order valence-corrected chi connectivity index (χ2v) is 6.92. The average Bonchev–Trinajstić information content (AvgIpc) is 3.08.